The van der Waals surface area contributed by atoms with Crippen LogP contribution in [0.4, 0.5) is 5.82 Å². The molecule has 0 spiro atoms. The van der Waals surface area contributed by atoms with E-state index in [1.807, 2.05) is 30.1 Å². The van der Waals surface area contributed by atoms with Gasteiger partial charge in [0.1, 0.15) is 11.9 Å². The van der Waals surface area contributed by atoms with Crippen LogP contribution in [0.1, 0.15) is 11.1 Å². The number of benzene rings is 1. The summed E-state index contributed by atoms with van der Waals surface area (Å²) in [5, 5.41) is 9.12. The Kier molecular flexibility index (Phi) is 3.96. The topological polar surface area (TPSA) is 39.9 Å². The molecule has 0 N–H and O–H groups in total. The van der Waals surface area contributed by atoms with Crippen molar-refractivity contribution >= 4 is 21.7 Å². The van der Waals surface area contributed by atoms with Gasteiger partial charge in [0.15, 0.2) is 0 Å². The molecule has 0 fully saturated rings. The number of nitriles is 1. The van der Waals surface area contributed by atoms with E-state index >= 15 is 0 Å². The van der Waals surface area contributed by atoms with E-state index in [0.29, 0.717) is 11.4 Å². The summed E-state index contributed by atoms with van der Waals surface area (Å²) in [5.41, 5.74) is 1.76. The minimum atomic E-state index is 0.572. The molecule has 0 aliphatic rings. The third-order valence-electron chi connectivity index (χ3n) is 2.58. The summed E-state index contributed by atoms with van der Waals surface area (Å²) < 4.78 is 0.816. The van der Waals surface area contributed by atoms with Crippen LogP contribution in [0.3, 0.4) is 0 Å². The smallest absolute Gasteiger partial charge is 0.146 e. The van der Waals surface area contributed by atoms with Gasteiger partial charge in [-0.3, -0.25) is 0 Å². The van der Waals surface area contributed by atoms with Crippen molar-refractivity contribution in [1.29, 1.82) is 5.26 Å². The Morgan fingerprint density at radius 1 is 1.33 bits per heavy atom. The van der Waals surface area contributed by atoms with E-state index in [-0.39, 0.29) is 0 Å². The first-order valence-electron chi connectivity index (χ1n) is 5.51. The van der Waals surface area contributed by atoms with E-state index in [4.69, 9.17) is 5.26 Å². The molecule has 0 amide bonds. The van der Waals surface area contributed by atoms with Crippen LogP contribution >= 0.6 is 15.9 Å². The molecule has 4 heteroatoms. The summed E-state index contributed by atoms with van der Waals surface area (Å²) in [4.78, 5) is 6.27. The van der Waals surface area contributed by atoms with E-state index in [1.165, 1.54) is 5.56 Å². The Hall–Kier alpha value is -1.86. The predicted octanol–water partition coefficient (Wildman–Crippen LogP) is 3.35. The predicted molar refractivity (Wildman–Crippen MR) is 75.2 cm³/mol. The summed E-state index contributed by atoms with van der Waals surface area (Å²) in [6.45, 7) is 0.726. The number of halogens is 1. The van der Waals surface area contributed by atoms with Gasteiger partial charge in [-0.05, 0) is 27.6 Å². The highest BCUT2D eigenvalue weighted by Crippen LogP contribution is 2.21. The molecule has 0 unspecified atom stereocenters. The van der Waals surface area contributed by atoms with E-state index in [9.17, 15) is 0 Å². The molecule has 3 nitrogen and oxygen atoms in total. The van der Waals surface area contributed by atoms with E-state index in [1.54, 1.807) is 12.3 Å². The van der Waals surface area contributed by atoms with Gasteiger partial charge in [0.05, 0.1) is 5.56 Å². The first-order valence-corrected chi connectivity index (χ1v) is 6.30. The number of anilines is 1. The molecular weight excluding hydrogens is 290 g/mol. The largest absolute Gasteiger partial charge is 0.354 e. The van der Waals surface area contributed by atoms with Crippen LogP contribution in [0.2, 0.25) is 0 Å². The molecule has 0 radical (unpaired) electrons. The number of hydrogen-bond donors (Lipinski definition) is 0. The fourth-order valence-electron chi connectivity index (χ4n) is 1.75. The zero-order valence-corrected chi connectivity index (χ0v) is 11.6. The normalized spacial score (nSPS) is 9.83. The monoisotopic (exact) mass is 301 g/mol. The minimum Gasteiger partial charge on any atom is -0.354 e. The molecule has 0 saturated heterocycles. The highest BCUT2D eigenvalue weighted by atomic mass is 79.9. The summed E-state index contributed by atoms with van der Waals surface area (Å²) in [5.74, 6) is 0.699. The maximum atomic E-state index is 9.12. The van der Waals surface area contributed by atoms with E-state index in [0.717, 1.165) is 11.0 Å². The van der Waals surface area contributed by atoms with Crippen LogP contribution in [0.15, 0.2) is 47.1 Å². The second-order valence-corrected chi connectivity index (χ2v) is 4.89. The molecular formula is C14H12BrN3. The standard InChI is InChI=1S/C14H12BrN3/c1-18(10-11-5-3-2-4-6-11)14-12(8-16)7-13(15)9-17-14/h2-7,9H,10H2,1H3. The SMILES string of the molecule is CN(Cc1ccccc1)c1ncc(Br)cc1C#N. The summed E-state index contributed by atoms with van der Waals surface area (Å²) in [6, 6.07) is 14.1. The lowest BCUT2D eigenvalue weighted by atomic mass is 10.2. The van der Waals surface area contributed by atoms with Gasteiger partial charge in [-0.15, -0.1) is 0 Å². The van der Waals surface area contributed by atoms with Gasteiger partial charge in [-0.1, -0.05) is 30.3 Å². The van der Waals surface area contributed by atoms with Gasteiger partial charge >= 0.3 is 0 Å². The fraction of sp³-hybridized carbons (Fsp3) is 0.143. The molecule has 0 atom stereocenters. The number of nitrogens with zero attached hydrogens (tertiary/aromatic N) is 3. The first kappa shape index (κ1) is 12.6. The van der Waals surface area contributed by atoms with Gasteiger partial charge in [0.2, 0.25) is 0 Å². The molecule has 2 aromatic rings. The minimum absolute atomic E-state index is 0.572. The molecule has 0 aliphatic carbocycles. The van der Waals surface area contributed by atoms with Crippen LogP contribution < -0.4 is 4.90 Å². The number of pyridine rings is 1. The first-order chi connectivity index (χ1) is 8.70. The van der Waals surface area contributed by atoms with Crippen LogP contribution in [0, 0.1) is 11.3 Å². The molecule has 90 valence electrons. The highest BCUT2D eigenvalue weighted by Gasteiger charge is 2.09. The van der Waals surface area contributed by atoms with Crippen molar-refractivity contribution in [1.82, 2.24) is 4.98 Å². The summed E-state index contributed by atoms with van der Waals surface area (Å²) >= 11 is 3.32. The van der Waals surface area contributed by atoms with Gasteiger partial charge in [0.25, 0.3) is 0 Å². The molecule has 18 heavy (non-hydrogen) atoms. The fourth-order valence-corrected chi connectivity index (χ4v) is 2.08. The van der Waals surface area contributed by atoms with Crippen molar-refractivity contribution in [3.8, 4) is 6.07 Å². The molecule has 0 saturated carbocycles. The van der Waals surface area contributed by atoms with Crippen LogP contribution in [-0.2, 0) is 6.54 Å². The quantitative estimate of drug-likeness (QED) is 0.873. The average molecular weight is 302 g/mol. The summed E-state index contributed by atoms with van der Waals surface area (Å²) in [7, 11) is 1.93. The van der Waals surface area contributed by atoms with E-state index in [2.05, 4.69) is 39.1 Å². The van der Waals surface area contributed by atoms with Crippen molar-refractivity contribution < 1.29 is 0 Å². The molecule has 0 aliphatic heterocycles. The van der Waals surface area contributed by atoms with Gasteiger partial charge in [-0.25, -0.2) is 4.98 Å². The second-order valence-electron chi connectivity index (χ2n) is 3.98. The third-order valence-corrected chi connectivity index (χ3v) is 3.01. The second kappa shape index (κ2) is 5.65. The molecule has 0 bridgehead atoms. The third kappa shape index (κ3) is 2.88. The van der Waals surface area contributed by atoms with Crippen molar-refractivity contribution in [3.05, 3.63) is 58.2 Å². The Balaban J connectivity index is 2.24. The lowest BCUT2D eigenvalue weighted by molar-refractivity contribution is 0.894. The van der Waals surface area contributed by atoms with E-state index < -0.39 is 0 Å². The van der Waals surface area contributed by atoms with Crippen molar-refractivity contribution in [2.24, 2.45) is 0 Å². The lowest BCUT2D eigenvalue weighted by Crippen LogP contribution is -2.18. The van der Waals surface area contributed by atoms with Crippen molar-refractivity contribution in [3.63, 3.8) is 0 Å². The zero-order valence-electron chi connectivity index (χ0n) is 9.97. The average Bonchev–Trinajstić information content (AvgIpc) is 2.39. The maximum absolute atomic E-state index is 9.12. The number of aromatic nitrogens is 1. The Labute approximate surface area is 115 Å². The Bertz CT molecular complexity index is 575. The number of hydrogen-bond acceptors (Lipinski definition) is 3. The Morgan fingerprint density at radius 2 is 2.06 bits per heavy atom. The Morgan fingerprint density at radius 3 is 2.72 bits per heavy atom. The van der Waals surface area contributed by atoms with Crippen LogP contribution in [0.5, 0.6) is 0 Å². The van der Waals surface area contributed by atoms with Gasteiger partial charge < -0.3 is 4.90 Å². The highest BCUT2D eigenvalue weighted by molar-refractivity contribution is 9.10. The molecule has 1 heterocycles. The molecule has 1 aromatic carbocycles. The van der Waals surface area contributed by atoms with Gasteiger partial charge in [0, 0.05) is 24.3 Å². The maximum Gasteiger partial charge on any atom is 0.146 e. The van der Waals surface area contributed by atoms with Crippen molar-refractivity contribution in [2.45, 2.75) is 6.54 Å². The zero-order chi connectivity index (χ0) is 13.0. The van der Waals surface area contributed by atoms with Crippen LogP contribution in [0.25, 0.3) is 0 Å². The van der Waals surface area contributed by atoms with Crippen LogP contribution in [-0.4, -0.2) is 12.0 Å². The molecule has 2 rings (SSSR count). The number of rotatable bonds is 3. The lowest BCUT2D eigenvalue weighted by Gasteiger charge is -2.19. The molecule has 1 aromatic heterocycles. The summed E-state index contributed by atoms with van der Waals surface area (Å²) in [6.07, 6.45) is 1.71. The van der Waals surface area contributed by atoms with Crippen molar-refractivity contribution in [2.75, 3.05) is 11.9 Å². The van der Waals surface area contributed by atoms with Gasteiger partial charge in [-0.2, -0.15) is 5.26 Å².